The van der Waals surface area contributed by atoms with E-state index < -0.39 is 22.5 Å². The summed E-state index contributed by atoms with van der Waals surface area (Å²) < 4.78 is 42.0. The second kappa shape index (κ2) is 11.3. The first kappa shape index (κ1) is 25.6. The van der Waals surface area contributed by atoms with Gasteiger partial charge in [0.05, 0.1) is 39.0 Å². The Morgan fingerprint density at radius 1 is 1.03 bits per heavy atom. The summed E-state index contributed by atoms with van der Waals surface area (Å²) in [6.45, 7) is 0.892. The number of methoxy groups -OCH3 is 3. The maximum absolute atomic E-state index is 12.7. The second-order valence-corrected chi connectivity index (χ2v) is 8.76. The molecule has 0 spiro atoms. The van der Waals surface area contributed by atoms with Gasteiger partial charge in [-0.15, -0.1) is 0 Å². The highest BCUT2D eigenvalue weighted by molar-refractivity contribution is 7.89. The number of anilines is 1. The van der Waals surface area contributed by atoms with Gasteiger partial charge >= 0.3 is 0 Å². The molecule has 2 rings (SSSR count). The monoisotopic (exact) mass is 478 g/mol. The van der Waals surface area contributed by atoms with Gasteiger partial charge in [-0.25, -0.2) is 13.8 Å². The predicted molar refractivity (Wildman–Crippen MR) is 122 cm³/mol. The predicted octanol–water partition coefficient (Wildman–Crippen LogP) is 1.44. The summed E-state index contributed by atoms with van der Waals surface area (Å²) in [6, 6.07) is 8.89. The number of nitrogens with zero attached hydrogens (tertiary/aromatic N) is 2. The van der Waals surface area contributed by atoms with Crippen LogP contribution in [0.3, 0.4) is 0 Å². The zero-order valence-electron chi connectivity index (χ0n) is 18.9. The van der Waals surface area contributed by atoms with Crippen LogP contribution in [0.25, 0.3) is 0 Å². The number of carbonyl (C=O) groups excluding carboxylic acids is 2. The molecule has 0 aromatic heterocycles. The molecule has 0 atom stereocenters. The van der Waals surface area contributed by atoms with Crippen molar-refractivity contribution in [2.24, 2.45) is 5.10 Å². The lowest BCUT2D eigenvalue weighted by Crippen LogP contribution is -2.36. The first-order valence-corrected chi connectivity index (χ1v) is 11.0. The third-order valence-corrected chi connectivity index (χ3v) is 6.16. The van der Waals surface area contributed by atoms with Crippen molar-refractivity contribution >= 4 is 33.7 Å². The molecule has 11 nitrogen and oxygen atoms in total. The molecule has 0 radical (unpaired) electrons. The quantitative estimate of drug-likeness (QED) is 0.390. The summed E-state index contributed by atoms with van der Waals surface area (Å²) >= 11 is 0. The van der Waals surface area contributed by atoms with E-state index in [1.165, 1.54) is 65.8 Å². The first-order chi connectivity index (χ1) is 15.6. The zero-order valence-corrected chi connectivity index (χ0v) is 19.7. The number of nitrogens with one attached hydrogen (secondary N) is 2. The maximum atomic E-state index is 12.7. The topological polar surface area (TPSA) is 136 Å². The van der Waals surface area contributed by atoms with Crippen LogP contribution in [0.4, 0.5) is 5.69 Å². The fraction of sp³-hybridized carbons (Fsp3) is 0.286. The van der Waals surface area contributed by atoms with Crippen molar-refractivity contribution in [1.82, 2.24) is 9.73 Å². The summed E-state index contributed by atoms with van der Waals surface area (Å²) in [5, 5.41) is 6.41. The molecule has 2 aromatic carbocycles. The van der Waals surface area contributed by atoms with E-state index >= 15 is 0 Å². The van der Waals surface area contributed by atoms with Crippen molar-refractivity contribution in [3.63, 3.8) is 0 Å². The minimum atomic E-state index is -3.92. The smallest absolute Gasteiger partial charge is 0.255 e. The molecule has 33 heavy (non-hydrogen) atoms. The molecule has 0 aliphatic rings. The van der Waals surface area contributed by atoms with E-state index in [2.05, 4.69) is 15.8 Å². The first-order valence-electron chi connectivity index (χ1n) is 9.58. The van der Waals surface area contributed by atoms with E-state index in [-0.39, 0.29) is 10.8 Å². The Bertz CT molecular complexity index is 1110. The summed E-state index contributed by atoms with van der Waals surface area (Å²) in [7, 11) is 1.79. The molecule has 2 N–H and O–H groups in total. The Hall–Kier alpha value is -3.64. The van der Waals surface area contributed by atoms with Gasteiger partial charge in [0, 0.05) is 25.2 Å². The third-order valence-electron chi connectivity index (χ3n) is 4.34. The van der Waals surface area contributed by atoms with E-state index in [4.69, 9.17) is 14.2 Å². The Morgan fingerprint density at radius 3 is 2.09 bits per heavy atom. The summed E-state index contributed by atoms with van der Waals surface area (Å²) in [5.74, 6) is 0.337. The van der Waals surface area contributed by atoms with Crippen molar-refractivity contribution in [3.05, 3.63) is 42.0 Å². The molecule has 0 heterocycles. The van der Waals surface area contributed by atoms with Gasteiger partial charge in [0.15, 0.2) is 11.5 Å². The van der Waals surface area contributed by atoms with Crippen LogP contribution in [0, 0.1) is 0 Å². The molecule has 0 bridgehead atoms. The number of benzene rings is 2. The molecule has 2 aromatic rings. The van der Waals surface area contributed by atoms with E-state index in [9.17, 15) is 18.0 Å². The van der Waals surface area contributed by atoms with E-state index in [0.29, 0.717) is 28.5 Å². The Labute approximate surface area is 192 Å². The normalized spacial score (nSPS) is 11.3. The van der Waals surface area contributed by atoms with Gasteiger partial charge in [0.2, 0.25) is 21.7 Å². The number of sulfonamides is 1. The van der Waals surface area contributed by atoms with E-state index in [1.807, 2.05) is 0 Å². The number of carbonyl (C=O) groups is 2. The van der Waals surface area contributed by atoms with Gasteiger partial charge in [0.25, 0.3) is 5.91 Å². The lowest BCUT2D eigenvalue weighted by atomic mass is 10.2. The van der Waals surface area contributed by atoms with E-state index in [0.717, 1.165) is 4.31 Å². The van der Waals surface area contributed by atoms with Crippen LogP contribution in [0.1, 0.15) is 12.5 Å². The minimum absolute atomic E-state index is 0.0205. The van der Waals surface area contributed by atoms with Gasteiger partial charge in [0.1, 0.15) is 0 Å². The fourth-order valence-corrected chi connectivity index (χ4v) is 3.90. The average Bonchev–Trinajstić information content (AvgIpc) is 2.78. The van der Waals surface area contributed by atoms with Gasteiger partial charge in [-0.05, 0) is 36.4 Å². The average molecular weight is 479 g/mol. The summed E-state index contributed by atoms with van der Waals surface area (Å²) in [6.07, 6.45) is 1.36. The summed E-state index contributed by atoms with van der Waals surface area (Å²) in [4.78, 5) is 23.3. The standard InChI is InChI=1S/C21H26N4O7S/c1-14(26)23-16-6-8-17(9-7-16)33(28,29)25(2)13-20(27)24-22-12-15-10-18(30-3)21(32-5)19(11-15)31-4/h6-12H,13H2,1-5H3,(H,23,26)(H,24,27)/b22-12-. The highest BCUT2D eigenvalue weighted by atomic mass is 32.2. The fourth-order valence-electron chi connectivity index (χ4n) is 2.77. The third kappa shape index (κ3) is 6.67. The lowest BCUT2D eigenvalue weighted by Gasteiger charge is -2.16. The SMILES string of the molecule is COc1cc(/C=N\NC(=O)CN(C)S(=O)(=O)c2ccc(NC(C)=O)cc2)cc(OC)c1OC. The van der Waals surface area contributed by atoms with Gasteiger partial charge in [-0.1, -0.05) is 0 Å². The summed E-state index contributed by atoms with van der Waals surface area (Å²) in [5.41, 5.74) is 3.31. The molecular formula is C21H26N4O7S. The molecule has 0 aliphatic heterocycles. The highest BCUT2D eigenvalue weighted by Crippen LogP contribution is 2.37. The number of ether oxygens (including phenoxy) is 3. The Kier molecular flexibility index (Phi) is 8.77. The highest BCUT2D eigenvalue weighted by Gasteiger charge is 2.23. The van der Waals surface area contributed by atoms with Crippen LogP contribution in [0.15, 0.2) is 46.4 Å². The Morgan fingerprint density at radius 2 is 1.61 bits per heavy atom. The molecule has 2 amide bonds. The molecule has 0 aliphatic carbocycles. The van der Waals surface area contributed by atoms with Crippen LogP contribution < -0.4 is 25.0 Å². The van der Waals surface area contributed by atoms with Crippen molar-refractivity contribution < 1.29 is 32.2 Å². The number of hydrogen-bond acceptors (Lipinski definition) is 8. The van der Waals surface area contributed by atoms with Crippen LogP contribution in [-0.4, -0.2) is 65.7 Å². The number of likely N-dealkylation sites (N-methyl/N-ethyl adjacent to an activating group) is 1. The van der Waals surface area contributed by atoms with Gasteiger partial charge < -0.3 is 19.5 Å². The van der Waals surface area contributed by atoms with Crippen LogP contribution in [0.5, 0.6) is 17.2 Å². The number of rotatable bonds is 10. The molecule has 178 valence electrons. The lowest BCUT2D eigenvalue weighted by molar-refractivity contribution is -0.121. The largest absolute Gasteiger partial charge is 0.493 e. The molecule has 0 fully saturated rings. The van der Waals surface area contributed by atoms with Crippen molar-refractivity contribution in [2.45, 2.75) is 11.8 Å². The zero-order chi connectivity index (χ0) is 24.6. The van der Waals surface area contributed by atoms with Crippen molar-refractivity contribution in [3.8, 4) is 17.2 Å². The molecule has 0 saturated carbocycles. The van der Waals surface area contributed by atoms with Crippen LogP contribution in [0.2, 0.25) is 0 Å². The van der Waals surface area contributed by atoms with E-state index in [1.54, 1.807) is 12.1 Å². The van der Waals surface area contributed by atoms with Crippen LogP contribution >= 0.6 is 0 Å². The van der Waals surface area contributed by atoms with Gasteiger partial charge in [-0.2, -0.15) is 9.41 Å². The van der Waals surface area contributed by atoms with Crippen LogP contribution in [-0.2, 0) is 19.6 Å². The minimum Gasteiger partial charge on any atom is -0.493 e. The molecule has 12 heteroatoms. The molecule has 0 saturated heterocycles. The Balaban J connectivity index is 2.04. The van der Waals surface area contributed by atoms with Crippen molar-refractivity contribution in [1.29, 1.82) is 0 Å². The molecule has 0 unspecified atom stereocenters. The molecular weight excluding hydrogens is 452 g/mol. The van der Waals surface area contributed by atoms with Crippen molar-refractivity contribution in [2.75, 3.05) is 40.2 Å². The number of hydrazone groups is 1. The number of hydrogen-bond donors (Lipinski definition) is 2. The second-order valence-electron chi connectivity index (χ2n) is 6.72. The number of amides is 2. The van der Waals surface area contributed by atoms with Gasteiger partial charge in [-0.3, -0.25) is 9.59 Å². The maximum Gasteiger partial charge on any atom is 0.255 e.